The van der Waals surface area contributed by atoms with E-state index in [4.69, 9.17) is 9.15 Å². The number of carbonyl (C=O) groups is 1. The summed E-state index contributed by atoms with van der Waals surface area (Å²) in [5, 5.41) is 0. The number of ether oxygens (including phenoxy) is 1. The lowest BCUT2D eigenvalue weighted by molar-refractivity contribution is 0.0772. The highest BCUT2D eigenvalue weighted by Gasteiger charge is 2.28. The smallest absolute Gasteiger partial charge is 0.339 e. The second-order valence-electron chi connectivity index (χ2n) is 6.26. The largest absolute Gasteiger partial charge is 0.488 e. The molecule has 7 heteroatoms. The molecule has 2 aromatic heterocycles. The van der Waals surface area contributed by atoms with Crippen LogP contribution in [0.2, 0.25) is 0 Å². The normalized spacial score (nSPS) is 16.8. The van der Waals surface area contributed by atoms with E-state index < -0.39 is 5.63 Å². The molecule has 7 nitrogen and oxygen atoms in total. The first-order valence-corrected chi connectivity index (χ1v) is 8.37. The summed E-state index contributed by atoms with van der Waals surface area (Å²) in [5.41, 5.74) is 1.58. The second-order valence-corrected chi connectivity index (χ2v) is 6.26. The van der Waals surface area contributed by atoms with Gasteiger partial charge in [-0.15, -0.1) is 0 Å². The Labute approximate surface area is 149 Å². The first kappa shape index (κ1) is 16.3. The van der Waals surface area contributed by atoms with Crippen LogP contribution in [0.5, 0.6) is 5.75 Å². The monoisotopic (exact) mass is 351 g/mol. The van der Waals surface area contributed by atoms with Crippen molar-refractivity contribution >= 4 is 16.9 Å². The highest BCUT2D eigenvalue weighted by molar-refractivity contribution is 5.97. The van der Waals surface area contributed by atoms with Crippen molar-refractivity contribution in [2.24, 2.45) is 0 Å². The van der Waals surface area contributed by atoms with Gasteiger partial charge in [-0.05, 0) is 25.1 Å². The Kier molecular flexibility index (Phi) is 4.12. The number of hydrogen-bond donors (Lipinski definition) is 0. The van der Waals surface area contributed by atoms with E-state index >= 15 is 0 Å². The van der Waals surface area contributed by atoms with Gasteiger partial charge in [0.05, 0.1) is 23.6 Å². The topological polar surface area (TPSA) is 85.5 Å². The molecule has 0 radical (unpaired) electrons. The van der Waals surface area contributed by atoms with Gasteiger partial charge in [0.25, 0.3) is 5.91 Å². The van der Waals surface area contributed by atoms with E-state index in [9.17, 15) is 9.59 Å². The van der Waals surface area contributed by atoms with Crippen LogP contribution >= 0.6 is 0 Å². The van der Waals surface area contributed by atoms with Crippen LogP contribution < -0.4 is 10.4 Å². The molecule has 26 heavy (non-hydrogen) atoms. The third kappa shape index (κ3) is 3.28. The molecule has 0 N–H and O–H groups in total. The number of nitrogens with zero attached hydrogens (tertiary/aromatic N) is 3. The molecule has 1 amide bonds. The van der Waals surface area contributed by atoms with E-state index in [0.717, 1.165) is 5.52 Å². The molecular weight excluding hydrogens is 334 g/mol. The van der Waals surface area contributed by atoms with Gasteiger partial charge in [-0.2, -0.15) is 0 Å². The summed E-state index contributed by atoms with van der Waals surface area (Å²) in [5.74, 6) is 0.905. The molecule has 4 rings (SSSR count). The lowest BCUT2D eigenvalue weighted by Crippen LogP contribution is -2.31. The van der Waals surface area contributed by atoms with Gasteiger partial charge in [-0.3, -0.25) is 14.8 Å². The molecule has 1 atom stereocenters. The molecule has 1 aliphatic rings. The zero-order valence-electron chi connectivity index (χ0n) is 14.2. The zero-order chi connectivity index (χ0) is 18.1. The van der Waals surface area contributed by atoms with Crippen LogP contribution in [0, 0.1) is 6.92 Å². The zero-order valence-corrected chi connectivity index (χ0v) is 14.2. The molecule has 3 heterocycles. The molecule has 0 bridgehead atoms. The van der Waals surface area contributed by atoms with Gasteiger partial charge < -0.3 is 14.1 Å². The minimum atomic E-state index is -0.441. The molecule has 132 valence electrons. The number of likely N-dealkylation sites (tertiary alicyclic amines) is 1. The SMILES string of the molecule is Cc1cc(OC2CCN(C(=O)c3ccc4nccnc4c3)C2)cc(=O)o1. The highest BCUT2D eigenvalue weighted by atomic mass is 16.5. The number of aromatic nitrogens is 2. The van der Waals surface area contributed by atoms with Gasteiger partial charge in [0.1, 0.15) is 17.6 Å². The van der Waals surface area contributed by atoms with Gasteiger partial charge in [0.15, 0.2) is 0 Å². The number of amides is 1. The fraction of sp³-hybridized carbons (Fsp3) is 0.263. The van der Waals surface area contributed by atoms with Crippen LogP contribution in [-0.4, -0.2) is 40.0 Å². The molecule has 1 aliphatic heterocycles. The summed E-state index contributed by atoms with van der Waals surface area (Å²) in [4.78, 5) is 34.4. The molecule has 1 unspecified atom stereocenters. The van der Waals surface area contributed by atoms with E-state index in [1.165, 1.54) is 6.07 Å². The molecule has 3 aromatic rings. The Morgan fingerprint density at radius 1 is 1.19 bits per heavy atom. The van der Waals surface area contributed by atoms with Crippen molar-refractivity contribution in [3.05, 3.63) is 64.5 Å². The maximum Gasteiger partial charge on any atom is 0.339 e. The van der Waals surface area contributed by atoms with E-state index in [1.807, 2.05) is 0 Å². The fourth-order valence-corrected chi connectivity index (χ4v) is 3.12. The van der Waals surface area contributed by atoms with Crippen LogP contribution in [0.3, 0.4) is 0 Å². The number of carbonyl (C=O) groups excluding carboxylic acids is 1. The summed E-state index contributed by atoms with van der Waals surface area (Å²) in [6, 6.07) is 8.31. The van der Waals surface area contributed by atoms with Gasteiger partial charge >= 0.3 is 5.63 Å². The van der Waals surface area contributed by atoms with Crippen LogP contribution in [0.4, 0.5) is 0 Å². The first-order chi connectivity index (χ1) is 12.6. The van der Waals surface area contributed by atoms with Gasteiger partial charge in [0, 0.05) is 37.0 Å². The minimum absolute atomic E-state index is 0.0626. The summed E-state index contributed by atoms with van der Waals surface area (Å²) in [7, 11) is 0. The van der Waals surface area contributed by atoms with Crippen LogP contribution in [0.25, 0.3) is 11.0 Å². The Bertz CT molecular complexity index is 1030. The van der Waals surface area contributed by atoms with Crippen molar-refractivity contribution in [3.8, 4) is 5.75 Å². The van der Waals surface area contributed by atoms with Crippen molar-refractivity contribution in [1.82, 2.24) is 14.9 Å². The molecular formula is C19H17N3O4. The number of aryl methyl sites for hydroxylation is 1. The molecule has 0 spiro atoms. The number of rotatable bonds is 3. The summed E-state index contributed by atoms with van der Waals surface area (Å²) in [6.07, 6.45) is 3.78. The average Bonchev–Trinajstić information content (AvgIpc) is 3.08. The maximum atomic E-state index is 12.8. The Morgan fingerprint density at radius 2 is 2.00 bits per heavy atom. The standard InChI is InChI=1S/C19H17N3O4/c1-12-8-15(10-18(23)25-12)26-14-4-7-22(11-14)19(24)13-2-3-16-17(9-13)21-6-5-20-16/h2-3,5-6,8-10,14H,4,7,11H2,1H3. The molecule has 1 saturated heterocycles. The number of benzene rings is 1. The summed E-state index contributed by atoms with van der Waals surface area (Å²) < 4.78 is 10.8. The predicted molar refractivity (Wildman–Crippen MR) is 94.2 cm³/mol. The van der Waals surface area contributed by atoms with Crippen LogP contribution in [0.1, 0.15) is 22.5 Å². The molecule has 1 fully saturated rings. The Morgan fingerprint density at radius 3 is 2.81 bits per heavy atom. The lowest BCUT2D eigenvalue weighted by atomic mass is 10.1. The summed E-state index contributed by atoms with van der Waals surface area (Å²) >= 11 is 0. The minimum Gasteiger partial charge on any atom is -0.488 e. The highest BCUT2D eigenvalue weighted by Crippen LogP contribution is 2.21. The maximum absolute atomic E-state index is 12.8. The first-order valence-electron chi connectivity index (χ1n) is 8.37. The van der Waals surface area contributed by atoms with Crippen molar-refractivity contribution in [2.75, 3.05) is 13.1 Å². The third-order valence-electron chi connectivity index (χ3n) is 4.32. The quantitative estimate of drug-likeness (QED) is 0.719. The third-order valence-corrected chi connectivity index (χ3v) is 4.32. The van der Waals surface area contributed by atoms with Crippen LogP contribution in [-0.2, 0) is 0 Å². The number of hydrogen-bond acceptors (Lipinski definition) is 6. The lowest BCUT2D eigenvalue weighted by Gasteiger charge is -2.17. The Hall–Kier alpha value is -3.22. The van der Waals surface area contributed by atoms with E-state index in [2.05, 4.69) is 9.97 Å². The van der Waals surface area contributed by atoms with E-state index in [-0.39, 0.29) is 12.0 Å². The number of fused-ring (bicyclic) bond motifs is 1. The van der Waals surface area contributed by atoms with Crippen molar-refractivity contribution < 1.29 is 13.9 Å². The van der Waals surface area contributed by atoms with Gasteiger partial charge in [-0.25, -0.2) is 4.79 Å². The molecule has 1 aromatic carbocycles. The Balaban J connectivity index is 1.47. The predicted octanol–water partition coefficient (Wildman–Crippen LogP) is 2.18. The fourth-order valence-electron chi connectivity index (χ4n) is 3.12. The van der Waals surface area contributed by atoms with Crippen molar-refractivity contribution in [1.29, 1.82) is 0 Å². The summed E-state index contributed by atoms with van der Waals surface area (Å²) in [6.45, 7) is 2.76. The van der Waals surface area contributed by atoms with Crippen molar-refractivity contribution in [3.63, 3.8) is 0 Å². The molecule has 0 aliphatic carbocycles. The van der Waals surface area contributed by atoms with Gasteiger partial charge in [0.2, 0.25) is 0 Å². The molecule has 0 saturated carbocycles. The van der Waals surface area contributed by atoms with Gasteiger partial charge in [-0.1, -0.05) is 0 Å². The van der Waals surface area contributed by atoms with E-state index in [1.54, 1.807) is 48.5 Å². The second kappa shape index (κ2) is 6.59. The van der Waals surface area contributed by atoms with Crippen molar-refractivity contribution in [2.45, 2.75) is 19.4 Å². The van der Waals surface area contributed by atoms with Crippen LogP contribution in [0.15, 0.2) is 51.9 Å². The average molecular weight is 351 g/mol. The van der Waals surface area contributed by atoms with E-state index in [0.29, 0.717) is 42.1 Å².